The Morgan fingerprint density at radius 3 is 2.62 bits per heavy atom. The van der Waals surface area contributed by atoms with Gasteiger partial charge < -0.3 is 19.9 Å². The zero-order valence-corrected chi connectivity index (χ0v) is 17.2. The molecule has 1 aromatic rings. The average Bonchev–Trinajstić information content (AvgIpc) is 2.97. The maximum atomic E-state index is 5.93. The molecule has 2 fully saturated rings. The highest BCUT2D eigenvalue weighted by molar-refractivity contribution is 14.0. The van der Waals surface area contributed by atoms with Crippen LogP contribution in [0, 0.1) is 5.41 Å². The van der Waals surface area contributed by atoms with Crippen LogP contribution in [0.15, 0.2) is 29.5 Å². The SMILES string of the molecule is CCNC(=NCCn1cccc1)NC1CC(OCC)C12CCC2.I. The van der Waals surface area contributed by atoms with Gasteiger partial charge in [-0.15, -0.1) is 24.0 Å². The van der Waals surface area contributed by atoms with Crippen LogP contribution < -0.4 is 10.6 Å². The third-order valence-corrected chi connectivity index (χ3v) is 5.39. The van der Waals surface area contributed by atoms with Gasteiger partial charge in [-0.2, -0.15) is 0 Å². The molecule has 2 aliphatic rings. The summed E-state index contributed by atoms with van der Waals surface area (Å²) in [4.78, 5) is 4.74. The van der Waals surface area contributed by atoms with Crippen molar-refractivity contribution in [3.05, 3.63) is 24.5 Å². The summed E-state index contributed by atoms with van der Waals surface area (Å²) in [5, 5.41) is 7.05. The van der Waals surface area contributed by atoms with E-state index in [9.17, 15) is 0 Å². The molecule has 1 aromatic heterocycles. The van der Waals surface area contributed by atoms with Crippen LogP contribution in [0.5, 0.6) is 0 Å². The molecule has 2 saturated carbocycles. The number of nitrogens with zero attached hydrogens (tertiary/aromatic N) is 2. The van der Waals surface area contributed by atoms with Crippen molar-refractivity contribution in [3.63, 3.8) is 0 Å². The van der Waals surface area contributed by atoms with Gasteiger partial charge in [-0.25, -0.2) is 0 Å². The Morgan fingerprint density at radius 1 is 1.29 bits per heavy atom. The topological polar surface area (TPSA) is 50.6 Å². The van der Waals surface area contributed by atoms with Gasteiger partial charge >= 0.3 is 0 Å². The zero-order chi connectivity index (χ0) is 16.1. The lowest BCUT2D eigenvalue weighted by molar-refractivity contribution is -0.168. The highest BCUT2D eigenvalue weighted by Crippen LogP contribution is 2.57. The summed E-state index contributed by atoms with van der Waals surface area (Å²) in [7, 11) is 0. The molecule has 2 atom stereocenters. The first-order chi connectivity index (χ1) is 11.3. The van der Waals surface area contributed by atoms with Gasteiger partial charge in [0.25, 0.3) is 0 Å². The molecule has 5 nitrogen and oxygen atoms in total. The van der Waals surface area contributed by atoms with E-state index in [1.807, 2.05) is 0 Å². The molecule has 2 N–H and O–H groups in total. The lowest BCUT2D eigenvalue weighted by Crippen LogP contribution is -2.68. The van der Waals surface area contributed by atoms with Crippen molar-refractivity contribution in [1.82, 2.24) is 15.2 Å². The summed E-state index contributed by atoms with van der Waals surface area (Å²) in [6, 6.07) is 4.61. The minimum absolute atomic E-state index is 0. The molecule has 0 aromatic carbocycles. The summed E-state index contributed by atoms with van der Waals surface area (Å²) < 4.78 is 8.10. The number of nitrogens with one attached hydrogen (secondary N) is 2. The molecular weight excluding hydrogens is 415 g/mol. The van der Waals surface area contributed by atoms with Crippen molar-refractivity contribution in [1.29, 1.82) is 0 Å². The number of aromatic nitrogens is 1. The maximum absolute atomic E-state index is 5.93. The number of hydrogen-bond acceptors (Lipinski definition) is 2. The van der Waals surface area contributed by atoms with Gasteiger partial charge in [0, 0.05) is 43.5 Å². The summed E-state index contributed by atoms with van der Waals surface area (Å²) in [5.41, 5.74) is 0.368. The minimum Gasteiger partial charge on any atom is -0.378 e. The second kappa shape index (κ2) is 9.08. The molecule has 0 bridgehead atoms. The van der Waals surface area contributed by atoms with Crippen LogP contribution in [0.2, 0.25) is 0 Å². The molecule has 0 radical (unpaired) electrons. The Bertz CT molecular complexity index is 513. The lowest BCUT2D eigenvalue weighted by Gasteiger charge is -2.61. The van der Waals surface area contributed by atoms with E-state index in [1.165, 1.54) is 19.3 Å². The van der Waals surface area contributed by atoms with Crippen LogP contribution in [0.25, 0.3) is 0 Å². The lowest BCUT2D eigenvalue weighted by atomic mass is 9.51. The molecule has 2 aliphatic carbocycles. The van der Waals surface area contributed by atoms with E-state index in [-0.39, 0.29) is 24.0 Å². The van der Waals surface area contributed by atoms with Crippen molar-refractivity contribution in [2.24, 2.45) is 10.4 Å². The highest BCUT2D eigenvalue weighted by atomic mass is 127. The predicted molar refractivity (Wildman–Crippen MR) is 109 cm³/mol. The van der Waals surface area contributed by atoms with E-state index < -0.39 is 0 Å². The fourth-order valence-corrected chi connectivity index (χ4v) is 3.92. The summed E-state index contributed by atoms with van der Waals surface area (Å²) >= 11 is 0. The van der Waals surface area contributed by atoms with Crippen molar-refractivity contribution in [2.75, 3.05) is 19.7 Å². The average molecular weight is 446 g/mol. The third kappa shape index (κ3) is 4.07. The van der Waals surface area contributed by atoms with Gasteiger partial charge in [-0.05, 0) is 45.2 Å². The summed E-state index contributed by atoms with van der Waals surface area (Å²) in [6.07, 6.45) is 9.63. The second-order valence-corrected chi connectivity index (χ2v) is 6.64. The molecular formula is C18H31IN4O. The molecule has 24 heavy (non-hydrogen) atoms. The van der Waals surface area contributed by atoms with Crippen LogP contribution in [-0.2, 0) is 11.3 Å². The number of aliphatic imine (C=N–C) groups is 1. The fourth-order valence-electron chi connectivity index (χ4n) is 3.92. The number of ether oxygens (including phenoxy) is 1. The van der Waals surface area contributed by atoms with E-state index in [0.29, 0.717) is 17.6 Å². The van der Waals surface area contributed by atoms with Gasteiger partial charge in [0.05, 0.1) is 12.6 Å². The van der Waals surface area contributed by atoms with Gasteiger partial charge in [-0.1, -0.05) is 6.42 Å². The smallest absolute Gasteiger partial charge is 0.191 e. The standard InChI is InChI=1S/C18H30N4O.HI/c1-3-19-17(20-10-13-22-11-5-6-12-22)21-15-14-16(23-4-2)18(15)8-7-9-18;/h5-6,11-12,15-16H,3-4,7-10,13-14H2,1-2H3,(H2,19,20,21);1H. The highest BCUT2D eigenvalue weighted by Gasteiger charge is 2.59. The Balaban J connectivity index is 0.00000208. The van der Waals surface area contributed by atoms with Crippen LogP contribution in [-0.4, -0.2) is 42.4 Å². The van der Waals surface area contributed by atoms with Crippen molar-refractivity contribution in [2.45, 2.75) is 58.2 Å². The number of rotatable bonds is 7. The van der Waals surface area contributed by atoms with Crippen molar-refractivity contribution >= 4 is 29.9 Å². The Labute approximate surface area is 162 Å². The zero-order valence-electron chi connectivity index (χ0n) is 14.8. The van der Waals surface area contributed by atoms with Crippen LogP contribution in [0.1, 0.15) is 39.5 Å². The van der Waals surface area contributed by atoms with Crippen LogP contribution >= 0.6 is 24.0 Å². The molecule has 0 saturated heterocycles. The summed E-state index contributed by atoms with van der Waals surface area (Å²) in [5.74, 6) is 0.950. The normalized spacial score (nSPS) is 24.7. The molecule has 1 heterocycles. The maximum Gasteiger partial charge on any atom is 0.191 e. The molecule has 136 valence electrons. The number of halogens is 1. The minimum atomic E-state index is 0. The van der Waals surface area contributed by atoms with Crippen LogP contribution in [0.3, 0.4) is 0 Å². The van der Waals surface area contributed by atoms with Gasteiger partial charge in [-0.3, -0.25) is 4.99 Å². The van der Waals surface area contributed by atoms with E-state index in [4.69, 9.17) is 9.73 Å². The van der Waals surface area contributed by atoms with E-state index in [1.54, 1.807) is 0 Å². The van der Waals surface area contributed by atoms with E-state index in [0.717, 1.165) is 38.6 Å². The Hall–Kier alpha value is -0.760. The number of hydrogen-bond donors (Lipinski definition) is 2. The first kappa shape index (κ1) is 19.6. The molecule has 6 heteroatoms. The quantitative estimate of drug-likeness (QED) is 0.385. The Morgan fingerprint density at radius 2 is 2.04 bits per heavy atom. The Kier molecular flexibility index (Phi) is 7.40. The predicted octanol–water partition coefficient (Wildman–Crippen LogP) is 3.01. The summed E-state index contributed by atoms with van der Waals surface area (Å²) in [6.45, 7) is 7.64. The van der Waals surface area contributed by atoms with E-state index >= 15 is 0 Å². The molecule has 1 spiro atoms. The second-order valence-electron chi connectivity index (χ2n) is 6.64. The largest absolute Gasteiger partial charge is 0.378 e. The van der Waals surface area contributed by atoms with Gasteiger partial charge in [0.1, 0.15) is 0 Å². The molecule has 0 amide bonds. The molecule has 3 rings (SSSR count). The molecule has 2 unspecified atom stereocenters. The fraction of sp³-hybridized carbons (Fsp3) is 0.722. The van der Waals surface area contributed by atoms with Crippen LogP contribution in [0.4, 0.5) is 0 Å². The first-order valence-electron chi connectivity index (χ1n) is 9.05. The van der Waals surface area contributed by atoms with Crippen molar-refractivity contribution in [3.8, 4) is 0 Å². The number of guanidine groups is 1. The third-order valence-electron chi connectivity index (χ3n) is 5.39. The first-order valence-corrected chi connectivity index (χ1v) is 9.05. The van der Waals surface area contributed by atoms with Gasteiger partial charge in [0.2, 0.25) is 0 Å². The van der Waals surface area contributed by atoms with E-state index in [2.05, 4.69) is 53.6 Å². The van der Waals surface area contributed by atoms with Gasteiger partial charge in [0.15, 0.2) is 5.96 Å². The molecule has 0 aliphatic heterocycles. The van der Waals surface area contributed by atoms with Crippen molar-refractivity contribution < 1.29 is 4.74 Å². The monoisotopic (exact) mass is 446 g/mol.